The van der Waals surface area contributed by atoms with Gasteiger partial charge in [0.1, 0.15) is 0 Å². The molecule has 0 aromatic heterocycles. The molecule has 0 spiro atoms. The first-order valence-electron chi connectivity index (χ1n) is 18.2. The van der Waals surface area contributed by atoms with Gasteiger partial charge in [0.25, 0.3) is 5.91 Å². The van der Waals surface area contributed by atoms with E-state index in [0.29, 0.717) is 46.6 Å². The molecule has 10 heteroatoms. The van der Waals surface area contributed by atoms with Crippen LogP contribution >= 0.6 is 11.6 Å². The average Bonchev–Trinajstić information content (AvgIpc) is 3.37. The number of halogens is 1. The molecule has 2 saturated carbocycles. The summed E-state index contributed by atoms with van der Waals surface area (Å²) in [4.78, 5) is 51.4. The summed E-state index contributed by atoms with van der Waals surface area (Å²) in [6.07, 6.45) is 14.3. The van der Waals surface area contributed by atoms with Crippen molar-refractivity contribution in [2.75, 3.05) is 34.4 Å². The first kappa shape index (κ1) is 37.9. The number of hydrogen-bond donors (Lipinski definition) is 0. The lowest BCUT2D eigenvalue weighted by molar-refractivity contribution is -0.185. The molecule has 6 rings (SSSR count). The van der Waals surface area contributed by atoms with Gasteiger partial charge in [-0.2, -0.15) is 0 Å². The number of amides is 1. The van der Waals surface area contributed by atoms with Crippen molar-refractivity contribution in [2.45, 2.75) is 104 Å². The van der Waals surface area contributed by atoms with E-state index in [2.05, 4.69) is 19.9 Å². The van der Waals surface area contributed by atoms with Crippen LogP contribution in [0.1, 0.15) is 109 Å². The third-order valence-corrected chi connectivity index (χ3v) is 12.9. The Kier molecular flexibility index (Phi) is 11.5. The molecule has 5 aliphatic rings. The van der Waals surface area contributed by atoms with Gasteiger partial charge in [-0.25, -0.2) is 0 Å². The highest BCUT2D eigenvalue weighted by Crippen LogP contribution is 2.68. The van der Waals surface area contributed by atoms with Crippen LogP contribution in [-0.2, 0) is 19.1 Å². The quantitative estimate of drug-likeness (QED) is 0.275. The van der Waals surface area contributed by atoms with Crippen molar-refractivity contribution in [2.24, 2.45) is 28.6 Å². The molecule has 9 nitrogen and oxygen atoms in total. The highest BCUT2D eigenvalue weighted by Gasteiger charge is 2.67. The van der Waals surface area contributed by atoms with Crippen molar-refractivity contribution in [1.82, 2.24) is 4.90 Å². The van der Waals surface area contributed by atoms with Gasteiger partial charge >= 0.3 is 5.97 Å². The summed E-state index contributed by atoms with van der Waals surface area (Å²) in [5.41, 5.74) is 0.0471. The largest absolute Gasteiger partial charge is 0.493 e. The number of carbonyl (C=O) groups excluding carboxylic acids is 4. The molecule has 1 heterocycles. The highest BCUT2D eigenvalue weighted by atomic mass is 35.5. The SMILES string of the molecule is CC(=O)O[C@]1(C(C)=O)CC[C@H]2[C@@H]3C=C(Cl)C4=CC(=O)CC[C@]4(C)[C@H]3CC[C@@]21C.COc1cc(C(=O)N2CCCCCCC2)cc(OC)c1OC. The van der Waals surface area contributed by atoms with Crippen LogP contribution < -0.4 is 14.2 Å². The molecule has 50 heavy (non-hydrogen) atoms. The van der Waals surface area contributed by atoms with Crippen LogP contribution in [-0.4, -0.2) is 68.4 Å². The maximum Gasteiger partial charge on any atom is 0.303 e. The van der Waals surface area contributed by atoms with Gasteiger partial charge in [0.15, 0.2) is 28.7 Å². The Morgan fingerprint density at radius 3 is 2.00 bits per heavy atom. The van der Waals surface area contributed by atoms with Gasteiger partial charge in [0.2, 0.25) is 5.75 Å². The van der Waals surface area contributed by atoms with Crippen molar-refractivity contribution < 1.29 is 38.1 Å². The van der Waals surface area contributed by atoms with E-state index in [0.717, 1.165) is 57.2 Å². The molecular weight excluding hydrogens is 658 g/mol. The topological polar surface area (TPSA) is 108 Å². The van der Waals surface area contributed by atoms with Crippen molar-refractivity contribution in [3.8, 4) is 17.2 Å². The Hall–Kier alpha value is -3.33. The lowest BCUT2D eigenvalue weighted by Crippen LogP contribution is -2.58. The number of hydrogen-bond acceptors (Lipinski definition) is 8. The molecule has 0 N–H and O–H groups in total. The van der Waals surface area contributed by atoms with Crippen molar-refractivity contribution in [1.29, 1.82) is 0 Å². The summed E-state index contributed by atoms with van der Waals surface area (Å²) < 4.78 is 21.7. The molecule has 1 saturated heterocycles. The normalized spacial score (nSPS) is 31.9. The van der Waals surface area contributed by atoms with Crippen molar-refractivity contribution in [3.63, 3.8) is 0 Å². The number of Topliss-reactive ketones (excluding diaryl/α,β-unsaturated/α-hetero) is 1. The zero-order valence-corrected chi connectivity index (χ0v) is 31.6. The fourth-order valence-corrected chi connectivity index (χ4v) is 10.4. The molecule has 0 radical (unpaired) electrons. The minimum atomic E-state index is -1.03. The van der Waals surface area contributed by atoms with Crippen molar-refractivity contribution >= 4 is 35.0 Å². The molecule has 0 bridgehead atoms. The van der Waals surface area contributed by atoms with Crippen LogP contribution in [0.3, 0.4) is 0 Å². The minimum absolute atomic E-state index is 0.0288. The highest BCUT2D eigenvalue weighted by molar-refractivity contribution is 6.32. The standard InChI is InChI=1S/C23H29ClO4.C17H25NO4/c1-13(25)23(28-14(2)26)10-7-18-16-12-20(24)19-11-15(27)5-8-21(19,3)17(16)6-9-22(18,23)4;1-20-14-11-13(12-15(21-2)16(14)22-3)17(19)18-9-7-5-4-6-8-10-18/h11-12,16-18H,5-10H2,1-4H3;11-12H,4-10H2,1-3H3/t16-,17+,18+,21-,22+,23+;/m1./s1. The van der Waals surface area contributed by atoms with E-state index >= 15 is 0 Å². The first-order valence-corrected chi connectivity index (χ1v) is 18.6. The van der Waals surface area contributed by atoms with E-state index in [9.17, 15) is 19.2 Å². The number of allylic oxidation sites excluding steroid dienone is 4. The average molecular weight is 712 g/mol. The van der Waals surface area contributed by atoms with E-state index in [-0.39, 0.29) is 46.1 Å². The maximum absolute atomic E-state index is 12.8. The summed E-state index contributed by atoms with van der Waals surface area (Å²) in [5.74, 6) is 2.14. The van der Waals surface area contributed by atoms with Crippen LogP contribution in [0.2, 0.25) is 0 Å². The third-order valence-electron chi connectivity index (χ3n) is 12.6. The predicted octanol–water partition coefficient (Wildman–Crippen LogP) is 7.87. The second-order valence-electron chi connectivity index (χ2n) is 15.2. The van der Waals surface area contributed by atoms with Crippen LogP contribution in [0, 0.1) is 28.6 Å². The molecule has 1 amide bonds. The monoisotopic (exact) mass is 711 g/mol. The van der Waals surface area contributed by atoms with E-state index in [1.54, 1.807) is 46.5 Å². The van der Waals surface area contributed by atoms with Crippen LogP contribution in [0.5, 0.6) is 17.2 Å². The zero-order chi connectivity index (χ0) is 36.4. The number of fused-ring (bicyclic) bond motifs is 5. The second-order valence-corrected chi connectivity index (χ2v) is 15.6. The third kappa shape index (κ3) is 6.71. The fraction of sp³-hybridized carbons (Fsp3) is 0.650. The maximum atomic E-state index is 12.8. The first-order chi connectivity index (χ1) is 23.8. The molecule has 3 fully saturated rings. The Bertz CT molecular complexity index is 1530. The second kappa shape index (κ2) is 15.1. The van der Waals surface area contributed by atoms with E-state index in [4.69, 9.17) is 30.5 Å². The van der Waals surface area contributed by atoms with Crippen molar-refractivity contribution in [3.05, 3.63) is 40.5 Å². The Morgan fingerprint density at radius 1 is 0.840 bits per heavy atom. The van der Waals surface area contributed by atoms with E-state index in [1.807, 2.05) is 4.90 Å². The lowest BCUT2D eigenvalue weighted by atomic mass is 9.48. The van der Waals surface area contributed by atoms with Gasteiger partial charge in [0, 0.05) is 42.4 Å². The van der Waals surface area contributed by atoms with Gasteiger partial charge < -0.3 is 23.8 Å². The van der Waals surface area contributed by atoms with Crippen LogP contribution in [0.15, 0.2) is 34.9 Å². The number of nitrogens with zero attached hydrogens (tertiary/aromatic N) is 1. The summed E-state index contributed by atoms with van der Waals surface area (Å²) >= 11 is 6.71. The Labute approximate surface area is 302 Å². The van der Waals surface area contributed by atoms with E-state index < -0.39 is 5.60 Å². The molecule has 0 unspecified atom stereocenters. The molecular formula is C40H54ClNO8. The summed E-state index contributed by atoms with van der Waals surface area (Å²) in [5, 5.41) is 0.689. The number of ketones is 2. The number of likely N-dealkylation sites (tertiary alicyclic amines) is 1. The number of esters is 1. The van der Waals surface area contributed by atoms with E-state index in [1.165, 1.54) is 26.2 Å². The lowest BCUT2D eigenvalue weighted by Gasteiger charge is -2.57. The number of methoxy groups -OCH3 is 3. The summed E-state index contributed by atoms with van der Waals surface area (Å²) in [6, 6.07) is 3.45. The van der Waals surface area contributed by atoms with Gasteiger partial charge in [-0.15, -0.1) is 0 Å². The zero-order valence-electron chi connectivity index (χ0n) is 30.8. The predicted molar refractivity (Wildman–Crippen MR) is 192 cm³/mol. The number of carbonyl (C=O) groups is 4. The van der Waals surface area contributed by atoms with Gasteiger partial charge in [-0.1, -0.05) is 50.8 Å². The van der Waals surface area contributed by atoms with Gasteiger partial charge in [-0.05, 0) is 98.8 Å². The molecule has 4 aliphatic carbocycles. The minimum Gasteiger partial charge on any atom is -0.493 e. The molecule has 6 atom stereocenters. The molecule has 1 aliphatic heterocycles. The molecule has 1 aromatic carbocycles. The molecule has 1 aromatic rings. The Morgan fingerprint density at radius 2 is 1.44 bits per heavy atom. The fourth-order valence-electron chi connectivity index (χ4n) is 9.97. The number of rotatable bonds is 6. The smallest absolute Gasteiger partial charge is 0.303 e. The van der Waals surface area contributed by atoms with Gasteiger partial charge in [-0.3, -0.25) is 19.2 Å². The van der Waals surface area contributed by atoms with Crippen LogP contribution in [0.4, 0.5) is 0 Å². The van der Waals surface area contributed by atoms with Crippen LogP contribution in [0.25, 0.3) is 0 Å². The number of ether oxygens (including phenoxy) is 4. The van der Waals surface area contributed by atoms with Gasteiger partial charge in [0.05, 0.1) is 21.3 Å². The number of benzene rings is 1. The summed E-state index contributed by atoms with van der Waals surface area (Å²) in [7, 11) is 4.67. The summed E-state index contributed by atoms with van der Waals surface area (Å²) in [6.45, 7) is 8.96. The Balaban J connectivity index is 0.000000201. The molecule has 274 valence electrons.